The van der Waals surface area contributed by atoms with E-state index in [-0.39, 0.29) is 15.5 Å². The molecule has 0 amide bonds. The predicted octanol–water partition coefficient (Wildman–Crippen LogP) is 2.01. The third-order valence-corrected chi connectivity index (χ3v) is 6.94. The van der Waals surface area contributed by atoms with Gasteiger partial charge in [0.05, 0.1) is 15.5 Å². The van der Waals surface area contributed by atoms with Gasteiger partial charge < -0.3 is 0 Å². The fourth-order valence-corrected chi connectivity index (χ4v) is 4.00. The van der Waals surface area contributed by atoms with Gasteiger partial charge in [0.1, 0.15) is 5.82 Å². The van der Waals surface area contributed by atoms with Gasteiger partial charge in [-0.05, 0) is 43.3 Å². The third kappa shape index (κ3) is 3.53. The highest BCUT2D eigenvalue weighted by atomic mass is 32.2. The van der Waals surface area contributed by atoms with Gasteiger partial charge >= 0.3 is 0 Å². The summed E-state index contributed by atoms with van der Waals surface area (Å²) in [5.74, 6) is 0.266. The molecule has 0 bridgehead atoms. The maximum Gasteiger partial charge on any atom is 0.265 e. The highest BCUT2D eigenvalue weighted by Gasteiger charge is 2.23. The first-order chi connectivity index (χ1) is 10.7. The Hall–Kier alpha value is -1.93. The Kier molecular flexibility index (Phi) is 4.76. The van der Waals surface area contributed by atoms with Crippen LogP contribution in [0.2, 0.25) is 0 Å². The molecule has 0 N–H and O–H groups in total. The minimum absolute atomic E-state index is 0.0124. The van der Waals surface area contributed by atoms with Crippen LogP contribution in [-0.4, -0.2) is 34.6 Å². The van der Waals surface area contributed by atoms with E-state index in [1.54, 1.807) is 25.1 Å². The summed E-state index contributed by atoms with van der Waals surface area (Å²) in [6.07, 6.45) is 0. The number of rotatable bonds is 5. The van der Waals surface area contributed by atoms with E-state index in [0.29, 0.717) is 11.5 Å². The van der Waals surface area contributed by atoms with Crippen molar-refractivity contribution in [3.8, 4) is 0 Å². The van der Waals surface area contributed by atoms with E-state index in [1.165, 1.54) is 38.2 Å². The van der Waals surface area contributed by atoms with Gasteiger partial charge in [-0.25, -0.2) is 21.8 Å². The van der Waals surface area contributed by atoms with Crippen LogP contribution in [0.15, 0.2) is 52.3 Å². The third-order valence-electron chi connectivity index (χ3n) is 3.42. The molecule has 0 atom stereocenters. The summed E-state index contributed by atoms with van der Waals surface area (Å²) in [5.41, 5.74) is 0.703. The molecule has 0 radical (unpaired) electrons. The van der Waals surface area contributed by atoms with E-state index < -0.39 is 19.9 Å². The standard InChI is InChI=1S/C15H18N2O4S2/c1-4-22(18,19)13-8-10-14(11-9-13)23(20,21)17(3)15-7-5-6-12(2)16-15/h5-11H,4H2,1-3H3. The van der Waals surface area contributed by atoms with Crippen LogP contribution < -0.4 is 4.31 Å². The number of hydrogen-bond donors (Lipinski definition) is 0. The monoisotopic (exact) mass is 354 g/mol. The van der Waals surface area contributed by atoms with E-state index in [9.17, 15) is 16.8 Å². The van der Waals surface area contributed by atoms with Crippen molar-refractivity contribution in [3.05, 3.63) is 48.2 Å². The molecule has 2 rings (SSSR count). The van der Waals surface area contributed by atoms with Gasteiger partial charge in [0, 0.05) is 12.7 Å². The number of benzene rings is 1. The topological polar surface area (TPSA) is 84.4 Å². The smallest absolute Gasteiger partial charge is 0.253 e. The zero-order chi connectivity index (χ0) is 17.3. The molecule has 1 aromatic carbocycles. The lowest BCUT2D eigenvalue weighted by atomic mass is 10.4. The van der Waals surface area contributed by atoms with Gasteiger partial charge in [-0.15, -0.1) is 0 Å². The second kappa shape index (κ2) is 6.29. The lowest BCUT2D eigenvalue weighted by molar-refractivity contribution is 0.591. The Morgan fingerprint density at radius 2 is 1.52 bits per heavy atom. The molecule has 8 heteroatoms. The fraction of sp³-hybridized carbons (Fsp3) is 0.267. The maximum atomic E-state index is 12.6. The Morgan fingerprint density at radius 3 is 2.04 bits per heavy atom. The van der Waals surface area contributed by atoms with Gasteiger partial charge in [0.15, 0.2) is 9.84 Å². The highest BCUT2D eigenvalue weighted by Crippen LogP contribution is 2.22. The van der Waals surface area contributed by atoms with E-state index in [4.69, 9.17) is 0 Å². The van der Waals surface area contributed by atoms with Crippen molar-refractivity contribution in [2.24, 2.45) is 0 Å². The summed E-state index contributed by atoms with van der Waals surface area (Å²) in [7, 11) is -5.75. The molecule has 0 saturated carbocycles. The van der Waals surface area contributed by atoms with E-state index in [0.717, 1.165) is 4.31 Å². The molecule has 1 aromatic heterocycles. The first-order valence-corrected chi connectivity index (χ1v) is 10.0. The minimum atomic E-state index is -3.80. The number of aromatic nitrogens is 1. The molecule has 0 aliphatic carbocycles. The molecule has 0 saturated heterocycles. The van der Waals surface area contributed by atoms with E-state index >= 15 is 0 Å². The zero-order valence-corrected chi connectivity index (χ0v) is 14.7. The highest BCUT2D eigenvalue weighted by molar-refractivity contribution is 7.93. The summed E-state index contributed by atoms with van der Waals surface area (Å²) in [4.78, 5) is 4.30. The second-order valence-electron chi connectivity index (χ2n) is 4.98. The molecule has 0 fully saturated rings. The normalized spacial score (nSPS) is 12.1. The summed E-state index contributed by atoms with van der Waals surface area (Å²) in [5, 5.41) is 0. The summed E-state index contributed by atoms with van der Waals surface area (Å²) >= 11 is 0. The van der Waals surface area contributed by atoms with Gasteiger partial charge in [-0.3, -0.25) is 4.31 Å². The molecule has 1 heterocycles. The van der Waals surface area contributed by atoms with Crippen LogP contribution in [0.5, 0.6) is 0 Å². The first kappa shape index (κ1) is 17.4. The quantitative estimate of drug-likeness (QED) is 0.820. The number of pyridine rings is 1. The molecule has 0 spiro atoms. The molecule has 0 unspecified atom stereocenters. The average Bonchev–Trinajstić information content (AvgIpc) is 2.54. The molecule has 23 heavy (non-hydrogen) atoms. The van der Waals surface area contributed by atoms with Crippen molar-refractivity contribution in [1.29, 1.82) is 0 Å². The zero-order valence-electron chi connectivity index (χ0n) is 13.1. The van der Waals surface area contributed by atoms with Crippen molar-refractivity contribution in [2.75, 3.05) is 17.1 Å². The van der Waals surface area contributed by atoms with Crippen LogP contribution in [0.25, 0.3) is 0 Å². The van der Waals surface area contributed by atoms with Crippen LogP contribution in [0.4, 0.5) is 5.82 Å². The van der Waals surface area contributed by atoms with Crippen molar-refractivity contribution in [1.82, 2.24) is 4.98 Å². The van der Waals surface area contributed by atoms with Crippen molar-refractivity contribution in [2.45, 2.75) is 23.6 Å². The Labute approximate surface area is 136 Å². The predicted molar refractivity (Wildman–Crippen MR) is 88.7 cm³/mol. The van der Waals surface area contributed by atoms with Crippen molar-refractivity contribution >= 4 is 25.7 Å². The van der Waals surface area contributed by atoms with E-state index in [2.05, 4.69) is 4.98 Å². The lowest BCUT2D eigenvalue weighted by Gasteiger charge is -2.19. The molecular formula is C15H18N2O4S2. The molecular weight excluding hydrogens is 336 g/mol. The molecule has 124 valence electrons. The number of nitrogens with zero attached hydrogens (tertiary/aromatic N) is 2. The van der Waals surface area contributed by atoms with Crippen LogP contribution in [0, 0.1) is 6.92 Å². The summed E-state index contributed by atoms with van der Waals surface area (Å²) in [6.45, 7) is 3.31. The second-order valence-corrected chi connectivity index (χ2v) is 9.23. The average molecular weight is 354 g/mol. The van der Waals surface area contributed by atoms with Crippen LogP contribution in [0.1, 0.15) is 12.6 Å². The van der Waals surface area contributed by atoms with Gasteiger partial charge in [-0.1, -0.05) is 13.0 Å². The fourth-order valence-electron chi connectivity index (χ4n) is 1.97. The Morgan fingerprint density at radius 1 is 0.957 bits per heavy atom. The Balaban J connectivity index is 2.40. The number of anilines is 1. The molecule has 2 aromatic rings. The number of sulfonamides is 1. The van der Waals surface area contributed by atoms with Crippen LogP contribution in [-0.2, 0) is 19.9 Å². The maximum absolute atomic E-state index is 12.6. The van der Waals surface area contributed by atoms with Crippen molar-refractivity contribution < 1.29 is 16.8 Å². The minimum Gasteiger partial charge on any atom is -0.253 e. The SMILES string of the molecule is CCS(=O)(=O)c1ccc(S(=O)(=O)N(C)c2cccc(C)n2)cc1. The summed E-state index contributed by atoms with van der Waals surface area (Å²) in [6, 6.07) is 10.3. The largest absolute Gasteiger partial charge is 0.265 e. The molecule has 6 nitrogen and oxygen atoms in total. The van der Waals surface area contributed by atoms with Gasteiger partial charge in [0.2, 0.25) is 0 Å². The van der Waals surface area contributed by atoms with Crippen LogP contribution >= 0.6 is 0 Å². The number of sulfone groups is 1. The Bertz CT molecular complexity index is 905. The summed E-state index contributed by atoms with van der Waals surface area (Å²) < 4.78 is 49.9. The van der Waals surface area contributed by atoms with Gasteiger partial charge in [0.25, 0.3) is 10.0 Å². The number of hydrogen-bond acceptors (Lipinski definition) is 5. The number of aryl methyl sites for hydroxylation is 1. The lowest BCUT2D eigenvalue weighted by Crippen LogP contribution is -2.27. The molecule has 0 aliphatic heterocycles. The van der Waals surface area contributed by atoms with Crippen LogP contribution in [0.3, 0.4) is 0 Å². The van der Waals surface area contributed by atoms with Gasteiger partial charge in [-0.2, -0.15) is 0 Å². The van der Waals surface area contributed by atoms with Crippen molar-refractivity contribution in [3.63, 3.8) is 0 Å². The first-order valence-electron chi connectivity index (χ1n) is 6.94. The molecule has 0 aliphatic rings. The van der Waals surface area contributed by atoms with E-state index in [1.807, 2.05) is 0 Å².